The van der Waals surface area contributed by atoms with Crippen LogP contribution in [0.4, 0.5) is 13.2 Å². The Bertz CT molecular complexity index is 934. The molecule has 2 heterocycles. The molecule has 2 aromatic heterocycles. The van der Waals surface area contributed by atoms with Gasteiger partial charge in [0, 0.05) is 28.8 Å². The van der Waals surface area contributed by atoms with Crippen molar-refractivity contribution in [1.82, 2.24) is 14.8 Å². The summed E-state index contributed by atoms with van der Waals surface area (Å²) in [5.41, 5.74) is 1.80. The highest BCUT2D eigenvalue weighted by molar-refractivity contribution is 5.90. The number of aryl methyl sites for hydroxylation is 1. The predicted octanol–water partition coefficient (Wildman–Crippen LogP) is 1.28. The minimum absolute atomic E-state index is 0.116. The van der Waals surface area contributed by atoms with Crippen molar-refractivity contribution in [3.63, 3.8) is 0 Å². The zero-order valence-electron chi connectivity index (χ0n) is 14.1. The summed E-state index contributed by atoms with van der Waals surface area (Å²) in [5, 5.41) is 19.9. The number of ether oxygens (including phenoxy) is 1. The molecule has 0 bridgehead atoms. The first-order chi connectivity index (χ1) is 12.8. The van der Waals surface area contributed by atoms with Gasteiger partial charge in [-0.15, -0.1) is 14.5 Å². The zero-order valence-corrected chi connectivity index (χ0v) is 14.1. The molecule has 0 aliphatic carbocycles. The summed E-state index contributed by atoms with van der Waals surface area (Å²) < 4.78 is 43.8. The number of halogens is 3. The largest absolute Gasteiger partial charge is 0.856 e. The molecule has 3 aromatic rings. The monoisotopic (exact) mass is 377 g/mol. The van der Waals surface area contributed by atoms with Crippen molar-refractivity contribution in [3.05, 3.63) is 60.8 Å². The standard InChI is InChI=1S/C17H14F3N5O2/c1-24-11-25(10-22-24)23-16(26)13-4-2-12(3-5-13)14-6-7-15(21-8-14)27-9-17(18,19)20/h2-8,10-11H,9H2,1H3. The van der Waals surface area contributed by atoms with Gasteiger partial charge in [0.25, 0.3) is 6.33 Å². The van der Waals surface area contributed by atoms with E-state index in [4.69, 9.17) is 0 Å². The van der Waals surface area contributed by atoms with E-state index in [1.807, 2.05) is 0 Å². The maximum Gasteiger partial charge on any atom is 0.422 e. The summed E-state index contributed by atoms with van der Waals surface area (Å²) in [5.74, 6) is -0.552. The molecule has 0 spiro atoms. The minimum atomic E-state index is -4.41. The van der Waals surface area contributed by atoms with E-state index in [1.54, 1.807) is 43.7 Å². The van der Waals surface area contributed by atoms with Crippen molar-refractivity contribution in [2.75, 3.05) is 6.61 Å². The highest BCUT2D eigenvalue weighted by atomic mass is 19.4. The molecular weight excluding hydrogens is 363 g/mol. The van der Waals surface area contributed by atoms with Gasteiger partial charge in [-0.3, -0.25) is 0 Å². The van der Waals surface area contributed by atoms with Gasteiger partial charge in [0.05, 0.1) is 7.05 Å². The maximum absolute atomic E-state index is 12.1. The molecule has 0 saturated heterocycles. The van der Waals surface area contributed by atoms with Gasteiger partial charge in [-0.1, -0.05) is 24.3 Å². The second-order valence-electron chi connectivity index (χ2n) is 5.57. The Hall–Kier alpha value is -3.43. The van der Waals surface area contributed by atoms with E-state index in [-0.39, 0.29) is 5.88 Å². The molecule has 0 N–H and O–H groups in total. The third-order valence-electron chi connectivity index (χ3n) is 3.43. The summed E-state index contributed by atoms with van der Waals surface area (Å²) in [4.78, 5) is 3.85. The normalized spacial score (nSPS) is 12.2. The van der Waals surface area contributed by atoms with Crippen LogP contribution in [-0.2, 0) is 7.05 Å². The topological polar surface area (TPSA) is 79.2 Å². The lowest BCUT2D eigenvalue weighted by Gasteiger charge is -2.10. The van der Waals surface area contributed by atoms with E-state index in [2.05, 4.69) is 19.9 Å². The molecule has 0 amide bonds. The van der Waals surface area contributed by atoms with Gasteiger partial charge in [0.15, 0.2) is 6.61 Å². The summed E-state index contributed by atoms with van der Waals surface area (Å²) in [7, 11) is 1.71. The van der Waals surface area contributed by atoms with Gasteiger partial charge in [-0.25, -0.2) is 4.98 Å². The first-order valence-corrected chi connectivity index (χ1v) is 7.72. The van der Waals surface area contributed by atoms with Gasteiger partial charge in [-0.05, 0) is 17.2 Å². The van der Waals surface area contributed by atoms with Crippen molar-refractivity contribution in [2.45, 2.75) is 6.18 Å². The first kappa shape index (κ1) is 18.4. The summed E-state index contributed by atoms with van der Waals surface area (Å²) in [6, 6.07) is 9.55. The molecular formula is C17H14F3N5O2. The van der Waals surface area contributed by atoms with Gasteiger partial charge < -0.3 is 9.84 Å². The third-order valence-corrected chi connectivity index (χ3v) is 3.43. The molecule has 0 atom stereocenters. The average Bonchev–Trinajstić information content (AvgIpc) is 3.05. The molecule has 27 heavy (non-hydrogen) atoms. The highest BCUT2D eigenvalue weighted by Crippen LogP contribution is 2.22. The lowest BCUT2D eigenvalue weighted by Crippen LogP contribution is -2.32. The molecule has 1 aromatic carbocycles. The van der Waals surface area contributed by atoms with Crippen LogP contribution in [0.2, 0.25) is 0 Å². The van der Waals surface area contributed by atoms with Crippen LogP contribution >= 0.6 is 0 Å². The Balaban J connectivity index is 1.70. The number of rotatable bonds is 5. The number of hydrogen-bond acceptors (Lipinski definition) is 5. The number of benzene rings is 1. The van der Waals surface area contributed by atoms with Gasteiger partial charge in [0.1, 0.15) is 0 Å². The number of aromatic nitrogens is 4. The molecule has 0 aliphatic rings. The lowest BCUT2D eigenvalue weighted by atomic mass is 10.1. The van der Waals surface area contributed by atoms with Crippen molar-refractivity contribution in [3.8, 4) is 17.0 Å². The number of nitrogens with zero attached hydrogens (tertiary/aromatic N) is 5. The first-order valence-electron chi connectivity index (χ1n) is 7.72. The predicted molar refractivity (Wildman–Crippen MR) is 86.6 cm³/mol. The Labute approximate surface area is 152 Å². The van der Waals surface area contributed by atoms with Crippen molar-refractivity contribution >= 4 is 5.90 Å². The summed E-state index contributed by atoms with van der Waals surface area (Å²) in [6.45, 7) is -1.39. The minimum Gasteiger partial charge on any atom is -0.856 e. The molecule has 10 heteroatoms. The van der Waals surface area contributed by atoms with Crippen LogP contribution in [0.5, 0.6) is 5.88 Å². The molecule has 3 rings (SSSR count). The molecule has 0 aliphatic heterocycles. The quantitative estimate of drug-likeness (QED) is 0.381. The fourth-order valence-electron chi connectivity index (χ4n) is 2.18. The van der Waals surface area contributed by atoms with Crippen LogP contribution in [0.3, 0.4) is 0 Å². The van der Waals surface area contributed by atoms with Crippen LogP contribution in [-0.4, -0.2) is 33.4 Å². The van der Waals surface area contributed by atoms with Gasteiger partial charge >= 0.3 is 6.18 Å². The van der Waals surface area contributed by atoms with E-state index in [0.717, 1.165) is 5.56 Å². The third kappa shape index (κ3) is 5.03. The molecule has 0 fully saturated rings. The Morgan fingerprint density at radius 3 is 2.44 bits per heavy atom. The average molecular weight is 377 g/mol. The van der Waals surface area contributed by atoms with Crippen LogP contribution in [0, 0.1) is 0 Å². The van der Waals surface area contributed by atoms with E-state index in [9.17, 15) is 18.3 Å². The molecule has 140 valence electrons. The SMILES string of the molecule is Cn1c[n+](N=C([O-])c2ccc(-c3ccc(OCC(F)(F)F)nc3)cc2)cn1. The number of alkyl halides is 3. The number of pyridine rings is 1. The van der Waals surface area contributed by atoms with Crippen molar-refractivity contribution < 1.29 is 27.7 Å². The summed E-state index contributed by atoms with van der Waals surface area (Å²) >= 11 is 0. The zero-order chi connectivity index (χ0) is 19.4. The van der Waals surface area contributed by atoms with Gasteiger partial charge in [0.2, 0.25) is 12.2 Å². The van der Waals surface area contributed by atoms with E-state index in [1.165, 1.54) is 27.9 Å². The summed E-state index contributed by atoms with van der Waals surface area (Å²) in [6.07, 6.45) is -0.0685. The van der Waals surface area contributed by atoms with Gasteiger partial charge in [-0.2, -0.15) is 13.2 Å². The van der Waals surface area contributed by atoms with Crippen molar-refractivity contribution in [1.29, 1.82) is 0 Å². The Morgan fingerprint density at radius 2 is 1.89 bits per heavy atom. The van der Waals surface area contributed by atoms with Crippen LogP contribution in [0.15, 0.2) is 60.4 Å². The van der Waals surface area contributed by atoms with E-state index < -0.39 is 18.7 Å². The maximum atomic E-state index is 12.1. The number of hydrogen-bond donors (Lipinski definition) is 0. The van der Waals surface area contributed by atoms with Crippen LogP contribution in [0.25, 0.3) is 11.1 Å². The molecule has 7 nitrogen and oxygen atoms in total. The van der Waals surface area contributed by atoms with Crippen molar-refractivity contribution in [2.24, 2.45) is 12.1 Å². The van der Waals surface area contributed by atoms with E-state index >= 15 is 0 Å². The molecule has 0 saturated carbocycles. The fourth-order valence-corrected chi connectivity index (χ4v) is 2.18. The smallest absolute Gasteiger partial charge is 0.422 e. The van der Waals surface area contributed by atoms with Crippen LogP contribution < -0.4 is 14.5 Å². The van der Waals surface area contributed by atoms with Crippen LogP contribution in [0.1, 0.15) is 5.56 Å². The van der Waals surface area contributed by atoms with E-state index in [0.29, 0.717) is 11.1 Å². The highest BCUT2D eigenvalue weighted by Gasteiger charge is 2.28. The lowest BCUT2D eigenvalue weighted by molar-refractivity contribution is -0.682. The second-order valence-corrected chi connectivity index (χ2v) is 5.57. The molecule has 0 radical (unpaired) electrons. The fraction of sp³-hybridized carbons (Fsp3) is 0.176. The Kier molecular flexibility index (Phi) is 5.06. The Morgan fingerprint density at radius 1 is 1.19 bits per heavy atom. The molecule has 0 unspecified atom stereocenters. The second kappa shape index (κ2) is 7.44.